The molecule has 1 aliphatic rings. The molecule has 0 aliphatic carbocycles. The van der Waals surface area contributed by atoms with Crippen LogP contribution in [0.4, 0.5) is 22.0 Å². The lowest BCUT2D eigenvalue weighted by Gasteiger charge is -2.24. The summed E-state index contributed by atoms with van der Waals surface area (Å²) in [5, 5.41) is 1.69. The molecule has 1 N–H and O–H groups in total. The van der Waals surface area contributed by atoms with Gasteiger partial charge in [-0.1, -0.05) is 12.1 Å². The zero-order valence-electron chi connectivity index (χ0n) is 11.2. The standard InChI is InChI=1S/C14H12F5NO2/c15-10-5-1-4-9(11(10)16)12(14(17,18)19)20-13(21)8-3-2-6-22-7-8/h1,4-5,7,12H,2-3,6H2,(H,20,21)/t12-/m1/s1. The Hall–Kier alpha value is -2.12. The quantitative estimate of drug-likeness (QED) is 0.867. The van der Waals surface area contributed by atoms with Crippen LogP contribution in [0.1, 0.15) is 24.4 Å². The molecule has 0 aromatic heterocycles. The lowest BCUT2D eigenvalue weighted by Crippen LogP contribution is -2.39. The van der Waals surface area contributed by atoms with Crippen molar-refractivity contribution >= 4 is 5.91 Å². The van der Waals surface area contributed by atoms with E-state index in [0.717, 1.165) is 18.4 Å². The molecule has 22 heavy (non-hydrogen) atoms. The number of carbonyl (C=O) groups is 1. The van der Waals surface area contributed by atoms with Gasteiger partial charge in [-0.15, -0.1) is 0 Å². The minimum atomic E-state index is -4.97. The average Bonchev–Trinajstić information content (AvgIpc) is 2.47. The Kier molecular flexibility index (Phi) is 4.68. The maximum atomic E-state index is 13.6. The number of nitrogens with one attached hydrogen (secondary N) is 1. The molecule has 2 rings (SSSR count). The zero-order chi connectivity index (χ0) is 16.3. The summed E-state index contributed by atoms with van der Waals surface area (Å²) in [7, 11) is 0. The molecule has 1 aromatic carbocycles. The predicted molar refractivity (Wildman–Crippen MR) is 66.6 cm³/mol. The third kappa shape index (κ3) is 3.55. The van der Waals surface area contributed by atoms with Crippen LogP contribution in [0.2, 0.25) is 0 Å². The predicted octanol–water partition coefficient (Wildman–Crippen LogP) is 3.38. The van der Waals surface area contributed by atoms with Gasteiger partial charge in [-0.25, -0.2) is 8.78 Å². The molecule has 0 spiro atoms. The van der Waals surface area contributed by atoms with Crippen LogP contribution in [0.15, 0.2) is 30.0 Å². The average molecular weight is 321 g/mol. The highest BCUT2D eigenvalue weighted by molar-refractivity contribution is 5.93. The minimum Gasteiger partial charge on any atom is -0.501 e. The molecular formula is C14H12F5NO2. The summed E-state index contributed by atoms with van der Waals surface area (Å²) in [6, 6.07) is -0.214. The number of alkyl halides is 3. The first kappa shape index (κ1) is 16.3. The Morgan fingerprint density at radius 1 is 1.27 bits per heavy atom. The second kappa shape index (κ2) is 6.33. The fourth-order valence-corrected chi connectivity index (χ4v) is 2.03. The monoisotopic (exact) mass is 321 g/mol. The largest absolute Gasteiger partial charge is 0.501 e. The van der Waals surface area contributed by atoms with Gasteiger partial charge in [-0.2, -0.15) is 13.2 Å². The van der Waals surface area contributed by atoms with Crippen LogP contribution < -0.4 is 5.32 Å². The number of amides is 1. The van der Waals surface area contributed by atoms with E-state index in [-0.39, 0.29) is 12.0 Å². The Morgan fingerprint density at radius 3 is 2.59 bits per heavy atom. The Bertz CT molecular complexity index is 597. The van der Waals surface area contributed by atoms with Gasteiger partial charge in [0.2, 0.25) is 0 Å². The zero-order valence-corrected chi connectivity index (χ0v) is 11.2. The van der Waals surface area contributed by atoms with E-state index in [1.54, 1.807) is 5.32 Å². The van der Waals surface area contributed by atoms with Gasteiger partial charge in [-0.3, -0.25) is 4.79 Å². The third-order valence-corrected chi connectivity index (χ3v) is 3.12. The van der Waals surface area contributed by atoms with E-state index in [2.05, 4.69) is 0 Å². The minimum absolute atomic E-state index is 0.0253. The molecule has 1 aliphatic heterocycles. The molecule has 1 amide bonds. The van der Waals surface area contributed by atoms with Crippen molar-refractivity contribution in [3.63, 3.8) is 0 Å². The highest BCUT2D eigenvalue weighted by Gasteiger charge is 2.44. The van der Waals surface area contributed by atoms with Gasteiger partial charge in [0.1, 0.15) is 0 Å². The molecule has 0 radical (unpaired) electrons. The van der Waals surface area contributed by atoms with Gasteiger partial charge in [0, 0.05) is 5.56 Å². The maximum Gasteiger partial charge on any atom is 0.412 e. The van der Waals surface area contributed by atoms with Crippen molar-refractivity contribution < 1.29 is 31.5 Å². The number of halogens is 5. The van der Waals surface area contributed by atoms with Crippen LogP contribution in [0, 0.1) is 11.6 Å². The number of ether oxygens (including phenoxy) is 1. The molecule has 1 aromatic rings. The number of hydrogen-bond donors (Lipinski definition) is 1. The molecule has 0 bridgehead atoms. The Morgan fingerprint density at radius 2 is 2.00 bits per heavy atom. The third-order valence-electron chi connectivity index (χ3n) is 3.12. The van der Waals surface area contributed by atoms with Crippen molar-refractivity contribution in [2.45, 2.75) is 25.1 Å². The van der Waals surface area contributed by atoms with Crippen LogP contribution in [0.3, 0.4) is 0 Å². The molecule has 1 atom stereocenters. The van der Waals surface area contributed by atoms with Crippen molar-refractivity contribution in [1.29, 1.82) is 0 Å². The molecular weight excluding hydrogens is 309 g/mol. The van der Waals surface area contributed by atoms with Gasteiger partial charge >= 0.3 is 6.18 Å². The van der Waals surface area contributed by atoms with Crippen LogP contribution in [-0.2, 0) is 9.53 Å². The van der Waals surface area contributed by atoms with E-state index in [9.17, 15) is 26.7 Å². The Labute approximate surface area is 122 Å². The van der Waals surface area contributed by atoms with Crippen molar-refractivity contribution in [2.75, 3.05) is 6.61 Å². The fraction of sp³-hybridized carbons (Fsp3) is 0.357. The first-order chi connectivity index (χ1) is 10.3. The van der Waals surface area contributed by atoms with Gasteiger partial charge in [0.05, 0.1) is 18.4 Å². The van der Waals surface area contributed by atoms with E-state index in [1.807, 2.05) is 0 Å². The van der Waals surface area contributed by atoms with Crippen molar-refractivity contribution in [3.8, 4) is 0 Å². The topological polar surface area (TPSA) is 38.3 Å². The number of rotatable bonds is 3. The molecule has 8 heteroatoms. The summed E-state index contributed by atoms with van der Waals surface area (Å²) in [6.45, 7) is 0.373. The highest BCUT2D eigenvalue weighted by atomic mass is 19.4. The second-order valence-electron chi connectivity index (χ2n) is 4.71. The van der Waals surface area contributed by atoms with Crippen molar-refractivity contribution in [3.05, 3.63) is 47.2 Å². The van der Waals surface area contributed by atoms with Crippen molar-refractivity contribution in [1.82, 2.24) is 5.32 Å². The number of carbonyl (C=O) groups excluding carboxylic acids is 1. The fourth-order valence-electron chi connectivity index (χ4n) is 2.03. The van der Waals surface area contributed by atoms with Crippen LogP contribution in [0.5, 0.6) is 0 Å². The van der Waals surface area contributed by atoms with Crippen LogP contribution >= 0.6 is 0 Å². The van der Waals surface area contributed by atoms with Crippen LogP contribution in [-0.4, -0.2) is 18.7 Å². The normalized spacial score (nSPS) is 16.5. The number of hydrogen-bond acceptors (Lipinski definition) is 2. The highest BCUT2D eigenvalue weighted by Crippen LogP contribution is 2.35. The summed E-state index contributed by atoms with van der Waals surface area (Å²) in [5.41, 5.74) is -0.949. The second-order valence-corrected chi connectivity index (χ2v) is 4.71. The van der Waals surface area contributed by atoms with E-state index >= 15 is 0 Å². The SMILES string of the molecule is O=C(N[C@H](c1cccc(F)c1F)C(F)(F)F)C1=COCCC1. The lowest BCUT2D eigenvalue weighted by molar-refractivity contribution is -0.163. The number of benzene rings is 1. The Balaban J connectivity index is 2.29. The van der Waals surface area contributed by atoms with Gasteiger partial charge < -0.3 is 10.1 Å². The molecule has 3 nitrogen and oxygen atoms in total. The summed E-state index contributed by atoms with van der Waals surface area (Å²) in [6.07, 6.45) is -3.15. The van der Waals surface area contributed by atoms with Crippen LogP contribution in [0.25, 0.3) is 0 Å². The van der Waals surface area contributed by atoms with E-state index < -0.39 is 35.3 Å². The van der Waals surface area contributed by atoms with E-state index in [0.29, 0.717) is 19.1 Å². The molecule has 0 saturated heterocycles. The van der Waals surface area contributed by atoms with Gasteiger partial charge in [0.25, 0.3) is 5.91 Å². The van der Waals surface area contributed by atoms with Crippen molar-refractivity contribution in [2.24, 2.45) is 0 Å². The molecule has 0 unspecified atom stereocenters. The molecule has 1 heterocycles. The van der Waals surface area contributed by atoms with E-state index in [4.69, 9.17) is 4.74 Å². The smallest absolute Gasteiger partial charge is 0.412 e. The lowest BCUT2D eigenvalue weighted by atomic mass is 10.0. The summed E-state index contributed by atoms with van der Waals surface area (Å²) >= 11 is 0. The summed E-state index contributed by atoms with van der Waals surface area (Å²) < 4.78 is 70.9. The molecule has 0 saturated carbocycles. The van der Waals surface area contributed by atoms with E-state index in [1.165, 1.54) is 0 Å². The van der Waals surface area contributed by atoms with Gasteiger partial charge in [0.15, 0.2) is 17.7 Å². The maximum absolute atomic E-state index is 13.6. The summed E-state index contributed by atoms with van der Waals surface area (Å²) in [4.78, 5) is 11.8. The summed E-state index contributed by atoms with van der Waals surface area (Å²) in [5.74, 6) is -4.08. The molecule has 120 valence electrons. The van der Waals surface area contributed by atoms with Gasteiger partial charge in [-0.05, 0) is 18.9 Å². The first-order valence-corrected chi connectivity index (χ1v) is 6.43. The molecule has 0 fully saturated rings. The first-order valence-electron chi connectivity index (χ1n) is 6.43.